The number of para-hydroxylation sites is 1. The lowest BCUT2D eigenvalue weighted by molar-refractivity contribution is -0.158. The average Bonchev–Trinajstić information content (AvgIpc) is 2.67. The van der Waals surface area contributed by atoms with E-state index in [4.69, 9.17) is 11.6 Å². The number of ether oxygens (including phenoxy) is 1. The van der Waals surface area contributed by atoms with Crippen LogP contribution in [0.3, 0.4) is 0 Å². The molecule has 0 aliphatic rings. The summed E-state index contributed by atoms with van der Waals surface area (Å²) in [4.78, 5) is 24.9. The Morgan fingerprint density at radius 3 is 2.48 bits per heavy atom. The number of alkyl halides is 3. The van der Waals surface area contributed by atoms with Gasteiger partial charge in [-0.05, 0) is 29.8 Å². The van der Waals surface area contributed by atoms with Crippen molar-refractivity contribution in [2.75, 3.05) is 25.5 Å². The van der Waals surface area contributed by atoms with E-state index < -0.39 is 29.4 Å². The summed E-state index contributed by atoms with van der Waals surface area (Å²) in [6, 6.07) is 8.42. The Morgan fingerprint density at radius 2 is 1.86 bits per heavy atom. The van der Waals surface area contributed by atoms with Gasteiger partial charge < -0.3 is 15.0 Å². The lowest BCUT2D eigenvalue weighted by Gasteiger charge is -2.23. The molecule has 29 heavy (non-hydrogen) atoms. The number of methoxy groups -OCH3 is 1. The second-order valence-electron chi connectivity index (χ2n) is 5.92. The average molecular weight is 433 g/mol. The van der Waals surface area contributed by atoms with Gasteiger partial charge in [0, 0.05) is 30.3 Å². The fraction of sp³-hybridized carbons (Fsp3) is 0.263. The molecule has 0 bridgehead atoms. The lowest BCUT2D eigenvalue weighted by Crippen LogP contribution is -2.39. The topological polar surface area (TPSA) is 58.6 Å². The molecule has 0 spiro atoms. The third-order valence-electron chi connectivity index (χ3n) is 3.95. The minimum atomic E-state index is -4.55. The maximum Gasteiger partial charge on any atom is 0.418 e. The highest BCUT2D eigenvalue weighted by Gasteiger charge is 2.33. The third-order valence-corrected chi connectivity index (χ3v) is 4.31. The van der Waals surface area contributed by atoms with Crippen LogP contribution in [0, 0.1) is 5.82 Å². The number of nitrogens with zero attached hydrogens (tertiary/aromatic N) is 1. The Morgan fingerprint density at radius 1 is 1.17 bits per heavy atom. The molecule has 0 saturated carbocycles. The highest BCUT2D eigenvalue weighted by molar-refractivity contribution is 6.32. The number of nitrogens with one attached hydrogen (secondary N) is 1. The van der Waals surface area contributed by atoms with E-state index in [2.05, 4.69) is 10.1 Å². The van der Waals surface area contributed by atoms with E-state index in [1.807, 2.05) is 0 Å². The number of hydrogen-bond acceptors (Lipinski definition) is 4. The zero-order valence-corrected chi connectivity index (χ0v) is 16.0. The Hall–Kier alpha value is -2.81. The molecule has 0 saturated heterocycles. The zero-order valence-electron chi connectivity index (χ0n) is 15.2. The number of esters is 1. The minimum Gasteiger partial charge on any atom is -0.462 e. The molecule has 156 valence electrons. The molecule has 0 aromatic heterocycles. The van der Waals surface area contributed by atoms with Crippen molar-refractivity contribution < 1.29 is 31.9 Å². The Kier molecular flexibility index (Phi) is 7.44. The molecule has 1 amide bonds. The van der Waals surface area contributed by atoms with Crippen molar-refractivity contribution in [1.82, 2.24) is 4.90 Å². The fourth-order valence-electron chi connectivity index (χ4n) is 2.53. The van der Waals surface area contributed by atoms with Crippen LogP contribution in [-0.2, 0) is 27.0 Å². The fourth-order valence-corrected chi connectivity index (χ4v) is 2.76. The van der Waals surface area contributed by atoms with E-state index in [0.717, 1.165) is 30.2 Å². The summed E-state index contributed by atoms with van der Waals surface area (Å²) in [6.07, 6.45) is -4.55. The summed E-state index contributed by atoms with van der Waals surface area (Å²) in [5, 5.41) is 2.66. The van der Waals surface area contributed by atoms with Gasteiger partial charge >= 0.3 is 18.1 Å². The van der Waals surface area contributed by atoms with Gasteiger partial charge in [0.15, 0.2) is 0 Å². The number of anilines is 1. The molecule has 0 aliphatic carbocycles. The number of carbonyl (C=O) groups excluding carboxylic acids is 2. The maximum atomic E-state index is 13.2. The summed E-state index contributed by atoms with van der Waals surface area (Å²) in [5.41, 5.74) is -0.654. The standard InChI is InChI=1S/C19H17ClF4N2O3/c1-29-18(28)17(27)26(11-12-6-7-13(21)10-15(12)20)9-8-25-16-5-3-2-4-14(16)19(22,23)24/h2-7,10,25H,8-9,11H2,1H3. The van der Waals surface area contributed by atoms with Crippen LogP contribution in [0.5, 0.6) is 0 Å². The van der Waals surface area contributed by atoms with E-state index in [9.17, 15) is 27.2 Å². The van der Waals surface area contributed by atoms with Crippen LogP contribution in [0.1, 0.15) is 11.1 Å². The Bertz CT molecular complexity index is 890. The Balaban J connectivity index is 2.15. The highest BCUT2D eigenvalue weighted by Crippen LogP contribution is 2.34. The predicted molar refractivity (Wildman–Crippen MR) is 98.8 cm³/mol. The summed E-state index contributed by atoms with van der Waals surface area (Å²) >= 11 is 5.96. The second kappa shape index (κ2) is 9.60. The first kappa shape index (κ1) is 22.5. The van der Waals surface area contributed by atoms with Gasteiger partial charge in [0.1, 0.15) is 5.82 Å². The normalized spacial score (nSPS) is 11.1. The SMILES string of the molecule is COC(=O)C(=O)N(CCNc1ccccc1C(F)(F)F)Cc1ccc(F)cc1Cl. The molecule has 5 nitrogen and oxygen atoms in total. The van der Waals surface area contributed by atoms with E-state index in [0.29, 0.717) is 5.56 Å². The van der Waals surface area contributed by atoms with E-state index >= 15 is 0 Å². The molecule has 2 aromatic rings. The van der Waals surface area contributed by atoms with Crippen molar-refractivity contribution in [2.45, 2.75) is 12.7 Å². The molecule has 0 atom stereocenters. The van der Waals surface area contributed by atoms with Gasteiger partial charge in [0.05, 0.1) is 12.7 Å². The van der Waals surface area contributed by atoms with Crippen LogP contribution in [0.4, 0.5) is 23.2 Å². The quantitative estimate of drug-likeness (QED) is 0.424. The predicted octanol–water partition coefficient (Wildman–Crippen LogP) is 4.11. The van der Waals surface area contributed by atoms with Gasteiger partial charge in [-0.25, -0.2) is 9.18 Å². The van der Waals surface area contributed by atoms with Gasteiger partial charge in [-0.3, -0.25) is 4.79 Å². The molecule has 2 aromatic carbocycles. The van der Waals surface area contributed by atoms with Crippen LogP contribution in [0.15, 0.2) is 42.5 Å². The number of rotatable bonds is 6. The number of halogens is 5. The first-order valence-electron chi connectivity index (χ1n) is 8.34. The van der Waals surface area contributed by atoms with Crippen LogP contribution in [-0.4, -0.2) is 37.0 Å². The van der Waals surface area contributed by atoms with Gasteiger partial charge in [-0.1, -0.05) is 29.8 Å². The van der Waals surface area contributed by atoms with Crippen LogP contribution in [0.2, 0.25) is 5.02 Å². The van der Waals surface area contributed by atoms with Gasteiger partial charge in [0.25, 0.3) is 0 Å². The molecular weight excluding hydrogens is 416 g/mol. The van der Waals surface area contributed by atoms with Crippen molar-refractivity contribution in [3.8, 4) is 0 Å². The van der Waals surface area contributed by atoms with Crippen molar-refractivity contribution in [1.29, 1.82) is 0 Å². The Labute approximate surface area is 169 Å². The molecule has 2 rings (SSSR count). The monoisotopic (exact) mass is 432 g/mol. The summed E-state index contributed by atoms with van der Waals surface area (Å²) in [6.45, 7) is -0.377. The minimum absolute atomic E-state index is 0.0445. The molecule has 0 fully saturated rings. The largest absolute Gasteiger partial charge is 0.462 e. The molecular formula is C19H17ClF4N2O3. The zero-order chi connectivity index (χ0) is 21.6. The van der Waals surface area contributed by atoms with Crippen molar-refractivity contribution in [3.05, 3.63) is 64.4 Å². The molecule has 0 heterocycles. The van der Waals surface area contributed by atoms with Crippen LogP contribution in [0.25, 0.3) is 0 Å². The number of hydrogen-bond donors (Lipinski definition) is 1. The summed E-state index contributed by atoms with van der Waals surface area (Å²) in [7, 11) is 1.03. The maximum absolute atomic E-state index is 13.2. The number of benzene rings is 2. The molecule has 10 heteroatoms. The highest BCUT2D eigenvalue weighted by atomic mass is 35.5. The van der Waals surface area contributed by atoms with E-state index in [-0.39, 0.29) is 30.3 Å². The lowest BCUT2D eigenvalue weighted by atomic mass is 10.1. The summed E-state index contributed by atoms with van der Waals surface area (Å²) in [5.74, 6) is -2.72. The van der Waals surface area contributed by atoms with Crippen LogP contribution >= 0.6 is 11.6 Å². The van der Waals surface area contributed by atoms with Crippen molar-refractivity contribution >= 4 is 29.2 Å². The molecule has 0 unspecified atom stereocenters. The van der Waals surface area contributed by atoms with Gasteiger partial charge in [0.2, 0.25) is 0 Å². The molecule has 1 N–H and O–H groups in total. The second-order valence-corrected chi connectivity index (χ2v) is 6.33. The van der Waals surface area contributed by atoms with Crippen LogP contribution < -0.4 is 5.32 Å². The van der Waals surface area contributed by atoms with Gasteiger partial charge in [-0.15, -0.1) is 0 Å². The van der Waals surface area contributed by atoms with E-state index in [1.165, 1.54) is 24.3 Å². The molecule has 0 aliphatic heterocycles. The third kappa shape index (κ3) is 6.08. The van der Waals surface area contributed by atoms with Crippen molar-refractivity contribution in [2.24, 2.45) is 0 Å². The smallest absolute Gasteiger partial charge is 0.418 e. The molecule has 0 radical (unpaired) electrons. The van der Waals surface area contributed by atoms with E-state index in [1.54, 1.807) is 0 Å². The summed E-state index contributed by atoms with van der Waals surface area (Å²) < 4.78 is 56.8. The van der Waals surface area contributed by atoms with Crippen molar-refractivity contribution in [3.63, 3.8) is 0 Å². The van der Waals surface area contributed by atoms with Gasteiger partial charge in [-0.2, -0.15) is 13.2 Å². The number of carbonyl (C=O) groups is 2. The first-order chi connectivity index (χ1) is 13.6. The number of amides is 1. The first-order valence-corrected chi connectivity index (χ1v) is 8.72.